The van der Waals surface area contributed by atoms with Gasteiger partial charge in [-0.2, -0.15) is 0 Å². The van der Waals surface area contributed by atoms with E-state index in [9.17, 15) is 5.11 Å². The molecule has 1 atom stereocenters. The fourth-order valence-corrected chi connectivity index (χ4v) is 3.24. The molecule has 0 radical (unpaired) electrons. The van der Waals surface area contributed by atoms with E-state index in [1.165, 1.54) is 0 Å². The minimum Gasteiger partial charge on any atom is -0.491 e. The van der Waals surface area contributed by atoms with Crippen LogP contribution in [0.5, 0.6) is 5.75 Å². The van der Waals surface area contributed by atoms with E-state index in [1.807, 2.05) is 38.1 Å². The zero-order valence-corrected chi connectivity index (χ0v) is 15.6. The first-order valence-electron chi connectivity index (χ1n) is 9.32. The number of nitrogens with one attached hydrogen (secondary N) is 1. The molecule has 0 spiro atoms. The van der Waals surface area contributed by atoms with Crippen LogP contribution in [0, 0.1) is 5.92 Å². The number of benzene rings is 1. The van der Waals surface area contributed by atoms with E-state index in [-0.39, 0.29) is 12.7 Å². The molecule has 26 heavy (non-hydrogen) atoms. The van der Waals surface area contributed by atoms with Crippen LogP contribution < -0.4 is 15.0 Å². The van der Waals surface area contributed by atoms with E-state index >= 15 is 0 Å². The molecule has 1 fully saturated rings. The average molecular weight is 356 g/mol. The van der Waals surface area contributed by atoms with Crippen LogP contribution in [0.3, 0.4) is 0 Å². The Bertz CT molecular complexity index is 708. The van der Waals surface area contributed by atoms with E-state index < -0.39 is 0 Å². The first-order chi connectivity index (χ1) is 12.7. The fourth-order valence-electron chi connectivity index (χ4n) is 3.24. The molecular formula is C20H28N4O2. The standard InChI is InChI=1S/C20H28N4O2/c1-15(2)26-18-8-4-3-7-17(18)11-21-19-10-20(23-14-22-19)24-9-5-6-16(12-24)13-25/h3-4,7-8,10,14-16,25H,5-6,9,11-13H2,1-2H3,(H,21,22,23). The number of anilines is 2. The van der Waals surface area contributed by atoms with Gasteiger partial charge in [-0.3, -0.25) is 0 Å². The number of hydrogen-bond donors (Lipinski definition) is 2. The summed E-state index contributed by atoms with van der Waals surface area (Å²) < 4.78 is 5.87. The van der Waals surface area contributed by atoms with E-state index in [2.05, 4.69) is 26.3 Å². The monoisotopic (exact) mass is 356 g/mol. The third kappa shape index (κ3) is 4.85. The van der Waals surface area contributed by atoms with Crippen molar-refractivity contribution in [3.63, 3.8) is 0 Å². The van der Waals surface area contributed by atoms with Gasteiger partial charge >= 0.3 is 0 Å². The normalized spacial score (nSPS) is 17.4. The second kappa shape index (κ2) is 8.85. The number of aliphatic hydroxyl groups excluding tert-OH is 1. The van der Waals surface area contributed by atoms with Crippen LogP contribution in [-0.4, -0.2) is 40.9 Å². The summed E-state index contributed by atoms with van der Waals surface area (Å²) in [7, 11) is 0. The van der Waals surface area contributed by atoms with Gasteiger partial charge in [-0.1, -0.05) is 18.2 Å². The minimum atomic E-state index is 0.139. The van der Waals surface area contributed by atoms with Crippen LogP contribution in [0.2, 0.25) is 0 Å². The van der Waals surface area contributed by atoms with E-state index in [1.54, 1.807) is 6.33 Å². The first-order valence-corrected chi connectivity index (χ1v) is 9.32. The summed E-state index contributed by atoms with van der Waals surface area (Å²) in [6.07, 6.45) is 3.89. The largest absolute Gasteiger partial charge is 0.491 e. The van der Waals surface area contributed by atoms with Crippen molar-refractivity contribution < 1.29 is 9.84 Å². The van der Waals surface area contributed by atoms with Crippen LogP contribution >= 0.6 is 0 Å². The Balaban J connectivity index is 1.66. The average Bonchev–Trinajstić information content (AvgIpc) is 2.67. The molecule has 0 bridgehead atoms. The lowest BCUT2D eigenvalue weighted by Gasteiger charge is -2.32. The van der Waals surface area contributed by atoms with Crippen molar-refractivity contribution in [3.8, 4) is 5.75 Å². The highest BCUT2D eigenvalue weighted by Crippen LogP contribution is 2.24. The van der Waals surface area contributed by atoms with Gasteiger partial charge in [0.2, 0.25) is 0 Å². The van der Waals surface area contributed by atoms with Crippen molar-refractivity contribution in [2.75, 3.05) is 29.9 Å². The molecule has 1 aliphatic heterocycles. The Kier molecular flexibility index (Phi) is 6.28. The number of piperidine rings is 1. The van der Waals surface area contributed by atoms with Crippen molar-refractivity contribution in [2.24, 2.45) is 5.92 Å². The second-order valence-electron chi connectivity index (χ2n) is 7.03. The molecule has 0 saturated carbocycles. The third-order valence-electron chi connectivity index (χ3n) is 4.55. The lowest BCUT2D eigenvalue weighted by molar-refractivity contribution is 0.208. The third-order valence-corrected chi connectivity index (χ3v) is 4.55. The first kappa shape index (κ1) is 18.5. The summed E-state index contributed by atoms with van der Waals surface area (Å²) in [6.45, 7) is 6.74. The highest BCUT2D eigenvalue weighted by atomic mass is 16.5. The van der Waals surface area contributed by atoms with Crippen molar-refractivity contribution in [3.05, 3.63) is 42.2 Å². The molecule has 1 aromatic heterocycles. The summed E-state index contributed by atoms with van der Waals surface area (Å²) in [5.41, 5.74) is 1.10. The van der Waals surface area contributed by atoms with Gasteiger partial charge in [0.15, 0.2) is 0 Å². The van der Waals surface area contributed by atoms with Gasteiger partial charge in [0, 0.05) is 37.9 Å². The molecule has 2 aromatic rings. The maximum Gasteiger partial charge on any atom is 0.134 e. The number of para-hydroxylation sites is 1. The summed E-state index contributed by atoms with van der Waals surface area (Å²) >= 11 is 0. The zero-order valence-electron chi connectivity index (χ0n) is 15.6. The Morgan fingerprint density at radius 3 is 2.96 bits per heavy atom. The summed E-state index contributed by atoms with van der Waals surface area (Å²) in [5.74, 6) is 2.93. The maximum absolute atomic E-state index is 9.43. The molecule has 1 aromatic carbocycles. The highest BCUT2D eigenvalue weighted by Gasteiger charge is 2.20. The number of rotatable bonds is 7. The predicted octanol–water partition coefficient (Wildman–Crippen LogP) is 3.08. The molecule has 140 valence electrons. The second-order valence-corrected chi connectivity index (χ2v) is 7.03. The van der Waals surface area contributed by atoms with Crippen LogP contribution in [0.1, 0.15) is 32.3 Å². The number of hydrogen-bond acceptors (Lipinski definition) is 6. The maximum atomic E-state index is 9.43. The van der Waals surface area contributed by atoms with E-state index in [0.29, 0.717) is 12.5 Å². The molecule has 1 saturated heterocycles. The molecule has 2 N–H and O–H groups in total. The molecular weight excluding hydrogens is 328 g/mol. The van der Waals surface area contributed by atoms with Gasteiger partial charge in [-0.25, -0.2) is 9.97 Å². The predicted molar refractivity (Wildman–Crippen MR) is 104 cm³/mol. The van der Waals surface area contributed by atoms with Gasteiger partial charge in [-0.05, 0) is 38.7 Å². The molecule has 1 aliphatic rings. The SMILES string of the molecule is CC(C)Oc1ccccc1CNc1cc(N2CCCC(CO)C2)ncn1. The van der Waals surface area contributed by atoms with Crippen molar-refractivity contribution in [2.45, 2.75) is 39.3 Å². The van der Waals surface area contributed by atoms with Crippen molar-refractivity contribution in [1.82, 2.24) is 9.97 Å². The summed E-state index contributed by atoms with van der Waals surface area (Å²) in [6, 6.07) is 10.0. The van der Waals surface area contributed by atoms with Crippen LogP contribution in [-0.2, 0) is 6.54 Å². The topological polar surface area (TPSA) is 70.5 Å². The molecule has 6 heteroatoms. The quantitative estimate of drug-likeness (QED) is 0.794. The van der Waals surface area contributed by atoms with Gasteiger partial charge < -0.3 is 20.1 Å². The fraction of sp³-hybridized carbons (Fsp3) is 0.500. The van der Waals surface area contributed by atoms with Gasteiger partial charge in [-0.15, -0.1) is 0 Å². The summed E-state index contributed by atoms with van der Waals surface area (Å²) in [4.78, 5) is 11.0. The Morgan fingerprint density at radius 2 is 2.15 bits per heavy atom. The highest BCUT2D eigenvalue weighted by molar-refractivity contribution is 5.49. The van der Waals surface area contributed by atoms with Gasteiger partial charge in [0.1, 0.15) is 23.7 Å². The van der Waals surface area contributed by atoms with Crippen molar-refractivity contribution >= 4 is 11.6 Å². The van der Waals surface area contributed by atoms with Crippen LogP contribution in [0.15, 0.2) is 36.7 Å². The number of aromatic nitrogens is 2. The Labute approximate surface area is 155 Å². The van der Waals surface area contributed by atoms with E-state index in [4.69, 9.17) is 4.74 Å². The number of nitrogens with zero attached hydrogens (tertiary/aromatic N) is 3. The van der Waals surface area contributed by atoms with Crippen molar-refractivity contribution in [1.29, 1.82) is 0 Å². The zero-order chi connectivity index (χ0) is 18.4. The Morgan fingerprint density at radius 1 is 1.31 bits per heavy atom. The minimum absolute atomic E-state index is 0.139. The number of aliphatic hydroxyl groups is 1. The smallest absolute Gasteiger partial charge is 0.134 e. The molecule has 2 heterocycles. The van der Waals surface area contributed by atoms with Crippen LogP contribution in [0.25, 0.3) is 0 Å². The van der Waals surface area contributed by atoms with Crippen LogP contribution in [0.4, 0.5) is 11.6 Å². The molecule has 1 unspecified atom stereocenters. The van der Waals surface area contributed by atoms with Gasteiger partial charge in [0.25, 0.3) is 0 Å². The molecule has 3 rings (SSSR count). The molecule has 0 amide bonds. The summed E-state index contributed by atoms with van der Waals surface area (Å²) in [5, 5.41) is 12.8. The molecule has 0 aliphatic carbocycles. The molecule has 6 nitrogen and oxygen atoms in total. The Hall–Kier alpha value is -2.34. The van der Waals surface area contributed by atoms with E-state index in [0.717, 1.165) is 48.9 Å². The number of ether oxygens (including phenoxy) is 1. The lowest BCUT2D eigenvalue weighted by atomic mass is 9.99. The lowest BCUT2D eigenvalue weighted by Crippen LogP contribution is -2.37. The van der Waals surface area contributed by atoms with Gasteiger partial charge in [0.05, 0.1) is 6.10 Å².